The largest absolute Gasteiger partial charge is 0.352 e. The summed E-state index contributed by atoms with van der Waals surface area (Å²) < 4.78 is 1.90. The van der Waals surface area contributed by atoms with Gasteiger partial charge in [0.1, 0.15) is 12.1 Å². The predicted molar refractivity (Wildman–Crippen MR) is 98.6 cm³/mol. The molecule has 1 aliphatic carbocycles. The zero-order chi connectivity index (χ0) is 17.1. The number of hydrogen-bond donors (Lipinski definition) is 1. The number of rotatable bonds is 3. The number of hydrogen-bond acceptors (Lipinski definition) is 3. The average Bonchev–Trinajstić information content (AvgIpc) is 3.32. The Kier molecular flexibility index (Phi) is 4.68. The number of pyridine rings is 1. The molecule has 3 heterocycles. The molecule has 2 atom stereocenters. The molecule has 6 heteroatoms. The van der Waals surface area contributed by atoms with E-state index in [1.54, 1.807) is 12.5 Å². The fourth-order valence-electron chi connectivity index (χ4n) is 4.16. The average molecular weight is 338 g/mol. The van der Waals surface area contributed by atoms with Crippen LogP contribution < -0.4 is 5.32 Å². The minimum absolute atomic E-state index is 0.746. The lowest BCUT2D eigenvalue weighted by Gasteiger charge is -2.22. The maximum Gasteiger partial charge on any atom is 0.193 e. The molecule has 2 aromatic rings. The SMILES string of the molecule is CN=C(NCc1ccc(-n2ccnc2)nc1)N1CC2CCCCC2C1. The Morgan fingerprint density at radius 3 is 2.64 bits per heavy atom. The van der Waals surface area contributed by atoms with Gasteiger partial charge in [0.15, 0.2) is 5.96 Å². The molecule has 1 saturated heterocycles. The van der Waals surface area contributed by atoms with Crippen LogP contribution in [-0.4, -0.2) is 45.5 Å². The number of aliphatic imine (C=N–C) groups is 1. The van der Waals surface area contributed by atoms with E-state index < -0.39 is 0 Å². The van der Waals surface area contributed by atoms with Crippen LogP contribution in [0.15, 0.2) is 42.0 Å². The lowest BCUT2D eigenvalue weighted by Crippen LogP contribution is -2.39. The van der Waals surface area contributed by atoms with Gasteiger partial charge in [-0.3, -0.25) is 9.56 Å². The van der Waals surface area contributed by atoms with Gasteiger partial charge in [-0.1, -0.05) is 18.9 Å². The lowest BCUT2D eigenvalue weighted by atomic mass is 9.82. The predicted octanol–water partition coefficient (Wildman–Crippen LogP) is 2.46. The molecule has 1 N–H and O–H groups in total. The molecule has 1 aliphatic heterocycles. The van der Waals surface area contributed by atoms with Crippen LogP contribution in [0.4, 0.5) is 0 Å². The summed E-state index contributed by atoms with van der Waals surface area (Å²) in [6.07, 6.45) is 12.9. The van der Waals surface area contributed by atoms with Crippen molar-refractivity contribution in [2.24, 2.45) is 16.8 Å². The molecule has 0 amide bonds. The summed E-state index contributed by atoms with van der Waals surface area (Å²) >= 11 is 0. The Bertz CT molecular complexity index is 692. The Morgan fingerprint density at radius 1 is 1.24 bits per heavy atom. The molecule has 1 saturated carbocycles. The first kappa shape index (κ1) is 16.1. The normalized spacial score (nSPS) is 23.6. The summed E-state index contributed by atoms with van der Waals surface area (Å²) in [4.78, 5) is 15.5. The van der Waals surface area contributed by atoms with E-state index in [4.69, 9.17) is 0 Å². The number of fused-ring (bicyclic) bond motifs is 1. The van der Waals surface area contributed by atoms with Gasteiger partial charge in [0.2, 0.25) is 0 Å². The van der Waals surface area contributed by atoms with Crippen molar-refractivity contribution in [3.05, 3.63) is 42.6 Å². The van der Waals surface area contributed by atoms with Crippen molar-refractivity contribution in [3.8, 4) is 5.82 Å². The van der Waals surface area contributed by atoms with Gasteiger partial charge in [0.05, 0.1) is 0 Å². The molecule has 6 nitrogen and oxygen atoms in total. The minimum Gasteiger partial charge on any atom is -0.352 e. The molecule has 132 valence electrons. The number of nitrogens with one attached hydrogen (secondary N) is 1. The Hall–Kier alpha value is -2.37. The van der Waals surface area contributed by atoms with E-state index in [9.17, 15) is 0 Å². The highest BCUT2D eigenvalue weighted by molar-refractivity contribution is 5.80. The van der Waals surface area contributed by atoms with Crippen LogP contribution in [-0.2, 0) is 6.54 Å². The van der Waals surface area contributed by atoms with E-state index in [1.807, 2.05) is 30.1 Å². The monoisotopic (exact) mass is 338 g/mol. The quantitative estimate of drug-likeness (QED) is 0.690. The molecule has 2 aromatic heterocycles. The molecular weight excluding hydrogens is 312 g/mol. The van der Waals surface area contributed by atoms with Crippen LogP contribution in [0, 0.1) is 11.8 Å². The van der Waals surface area contributed by atoms with Crippen molar-refractivity contribution in [2.75, 3.05) is 20.1 Å². The Balaban J connectivity index is 1.35. The Labute approximate surface area is 149 Å². The molecule has 2 aliphatic rings. The highest BCUT2D eigenvalue weighted by Gasteiger charge is 2.35. The first-order valence-corrected chi connectivity index (χ1v) is 9.22. The number of likely N-dealkylation sites (tertiary alicyclic amines) is 1. The van der Waals surface area contributed by atoms with Crippen LogP contribution in [0.5, 0.6) is 0 Å². The van der Waals surface area contributed by atoms with Crippen molar-refractivity contribution in [1.29, 1.82) is 0 Å². The number of guanidine groups is 1. The van der Waals surface area contributed by atoms with E-state index in [0.717, 1.165) is 48.8 Å². The van der Waals surface area contributed by atoms with Gasteiger partial charge >= 0.3 is 0 Å². The van der Waals surface area contributed by atoms with E-state index >= 15 is 0 Å². The Morgan fingerprint density at radius 2 is 2.04 bits per heavy atom. The molecule has 2 fully saturated rings. The highest BCUT2D eigenvalue weighted by Crippen LogP contribution is 2.35. The van der Waals surface area contributed by atoms with Gasteiger partial charge in [0.25, 0.3) is 0 Å². The number of imidazole rings is 1. The van der Waals surface area contributed by atoms with Crippen molar-refractivity contribution < 1.29 is 0 Å². The van der Waals surface area contributed by atoms with E-state index in [0.29, 0.717) is 0 Å². The molecule has 0 spiro atoms. The highest BCUT2D eigenvalue weighted by atomic mass is 15.3. The van der Waals surface area contributed by atoms with Crippen molar-refractivity contribution in [3.63, 3.8) is 0 Å². The van der Waals surface area contributed by atoms with Crippen molar-refractivity contribution in [1.82, 2.24) is 24.8 Å². The van der Waals surface area contributed by atoms with Crippen LogP contribution in [0.3, 0.4) is 0 Å². The number of nitrogens with zero attached hydrogens (tertiary/aromatic N) is 5. The summed E-state index contributed by atoms with van der Waals surface area (Å²) in [6.45, 7) is 3.06. The van der Waals surface area contributed by atoms with Gasteiger partial charge in [-0.25, -0.2) is 9.97 Å². The van der Waals surface area contributed by atoms with Crippen LogP contribution in [0.1, 0.15) is 31.2 Å². The fraction of sp³-hybridized carbons (Fsp3) is 0.526. The maximum atomic E-state index is 4.51. The molecule has 0 radical (unpaired) electrons. The van der Waals surface area contributed by atoms with Crippen LogP contribution in [0.2, 0.25) is 0 Å². The van der Waals surface area contributed by atoms with Gasteiger partial charge in [-0.15, -0.1) is 0 Å². The van der Waals surface area contributed by atoms with E-state index in [1.165, 1.54) is 25.7 Å². The first-order chi connectivity index (χ1) is 12.3. The molecule has 4 rings (SSSR count). The maximum absolute atomic E-state index is 4.51. The standard InChI is InChI=1S/C19H26N6/c1-20-19(25-12-16-4-2-3-5-17(16)13-25)23-11-15-6-7-18(22-10-15)24-9-8-21-14-24/h6-10,14,16-17H,2-5,11-13H2,1H3,(H,20,23). The molecule has 25 heavy (non-hydrogen) atoms. The van der Waals surface area contributed by atoms with Gasteiger partial charge < -0.3 is 10.2 Å². The minimum atomic E-state index is 0.746. The molecule has 2 unspecified atom stereocenters. The van der Waals surface area contributed by atoms with Crippen LogP contribution in [0.25, 0.3) is 5.82 Å². The van der Waals surface area contributed by atoms with Crippen LogP contribution >= 0.6 is 0 Å². The van der Waals surface area contributed by atoms with Gasteiger partial charge in [-0.2, -0.15) is 0 Å². The first-order valence-electron chi connectivity index (χ1n) is 9.22. The van der Waals surface area contributed by atoms with Crippen molar-refractivity contribution >= 4 is 5.96 Å². The molecular formula is C19H26N6. The molecule has 0 bridgehead atoms. The fourth-order valence-corrected chi connectivity index (χ4v) is 4.16. The zero-order valence-corrected chi connectivity index (χ0v) is 14.8. The third kappa shape index (κ3) is 3.52. The summed E-state index contributed by atoms with van der Waals surface area (Å²) in [5.41, 5.74) is 1.15. The second-order valence-corrected chi connectivity index (χ2v) is 7.10. The third-order valence-corrected chi connectivity index (χ3v) is 5.52. The number of aromatic nitrogens is 3. The zero-order valence-electron chi connectivity index (χ0n) is 14.8. The lowest BCUT2D eigenvalue weighted by molar-refractivity contribution is 0.299. The smallest absolute Gasteiger partial charge is 0.193 e. The summed E-state index contributed by atoms with van der Waals surface area (Å²) in [6, 6.07) is 4.12. The molecule has 0 aromatic carbocycles. The topological polar surface area (TPSA) is 58.3 Å². The van der Waals surface area contributed by atoms with Crippen molar-refractivity contribution in [2.45, 2.75) is 32.2 Å². The summed E-state index contributed by atoms with van der Waals surface area (Å²) in [5.74, 6) is 3.63. The second kappa shape index (κ2) is 7.25. The second-order valence-electron chi connectivity index (χ2n) is 7.10. The van der Waals surface area contributed by atoms with Gasteiger partial charge in [0, 0.05) is 45.3 Å². The third-order valence-electron chi connectivity index (χ3n) is 5.52. The van der Waals surface area contributed by atoms with Gasteiger partial charge in [-0.05, 0) is 36.3 Å². The summed E-state index contributed by atoms with van der Waals surface area (Å²) in [5, 5.41) is 3.51. The van der Waals surface area contributed by atoms with E-state index in [-0.39, 0.29) is 0 Å². The van der Waals surface area contributed by atoms with E-state index in [2.05, 4.69) is 31.2 Å². The summed E-state index contributed by atoms with van der Waals surface area (Å²) in [7, 11) is 1.88.